The molecule has 2 nitrogen and oxygen atoms in total. The van der Waals surface area contributed by atoms with Crippen molar-refractivity contribution in [3.05, 3.63) is 218 Å². The Morgan fingerprint density at radius 3 is 0.975 bits per heavy atom. The fourth-order valence-electron chi connectivity index (χ4n) is 11.8. The maximum Gasteiger partial charge on any atom is 0.113 e. The minimum Gasteiger partial charge on any atom is -0.309 e. The predicted octanol–water partition coefficient (Wildman–Crippen LogP) is 6.16. The Hall–Kier alpha value is -7.98. The molecule has 2 heterocycles. The second-order valence-corrected chi connectivity index (χ2v) is 22.9. The minimum atomic E-state index is -2.48. The Bertz CT molecular complexity index is 4360. The van der Waals surface area contributed by atoms with E-state index in [4.69, 9.17) is 78.5 Å². The summed E-state index contributed by atoms with van der Waals surface area (Å²) >= 11 is 0. The molecule has 11 aromatic carbocycles. The highest BCUT2D eigenvalue weighted by molar-refractivity contribution is 8.34. The lowest BCUT2D eigenvalue weighted by atomic mass is 9.58. The van der Waals surface area contributed by atoms with Crippen LogP contribution in [0.15, 0.2) is 238 Å². The first kappa shape index (κ1) is 50.5. The van der Waals surface area contributed by atoms with E-state index < -0.39 is 10.0 Å². The normalized spacial score (nSPS) is 12.0. The molecule has 0 bridgehead atoms. The maximum atomic E-state index is 7.28. The summed E-state index contributed by atoms with van der Waals surface area (Å²) in [6.45, 7) is 0. The summed E-state index contributed by atoms with van der Waals surface area (Å²) in [5.41, 5.74) is 10.6. The third kappa shape index (κ3) is 7.78. The molecular weight excluding hydrogens is 961 g/mol. The number of para-hydroxylation sites is 3. The van der Waals surface area contributed by atoms with E-state index >= 15 is 0 Å². The molecular formula is C66H36B10N2S. The Balaban J connectivity index is 1.19. The van der Waals surface area contributed by atoms with Crippen molar-refractivity contribution in [3.8, 4) is 44.8 Å². The molecule has 13 rings (SSSR count). The van der Waals surface area contributed by atoms with Crippen LogP contribution in [-0.4, -0.2) is 87.6 Å². The van der Waals surface area contributed by atoms with E-state index in [9.17, 15) is 0 Å². The Morgan fingerprint density at radius 1 is 0.253 bits per heavy atom. The van der Waals surface area contributed by atoms with Crippen LogP contribution in [0, 0.1) is 0 Å². The van der Waals surface area contributed by atoms with E-state index in [0.717, 1.165) is 80.0 Å². The molecule has 79 heavy (non-hydrogen) atoms. The van der Waals surface area contributed by atoms with Gasteiger partial charge < -0.3 is 9.13 Å². The van der Waals surface area contributed by atoms with Crippen molar-refractivity contribution in [1.29, 1.82) is 0 Å². The van der Waals surface area contributed by atoms with Crippen molar-refractivity contribution in [2.45, 2.75) is 19.6 Å². The van der Waals surface area contributed by atoms with Gasteiger partial charge in [-0.2, -0.15) is 0 Å². The third-order valence-corrected chi connectivity index (χ3v) is 19.5. The maximum absolute atomic E-state index is 7.28. The lowest BCUT2D eigenvalue weighted by Crippen LogP contribution is -2.55. The van der Waals surface area contributed by atoms with Gasteiger partial charge in [0.1, 0.15) is 78.5 Å². The van der Waals surface area contributed by atoms with E-state index in [-0.39, 0.29) is 54.6 Å². The van der Waals surface area contributed by atoms with Gasteiger partial charge in [0.2, 0.25) is 0 Å². The molecule has 0 aliphatic rings. The van der Waals surface area contributed by atoms with Gasteiger partial charge >= 0.3 is 0 Å². The van der Waals surface area contributed by atoms with Gasteiger partial charge in [0.05, 0.1) is 27.8 Å². The number of nitrogens with zero attached hydrogens (tertiary/aromatic N) is 2. The fraction of sp³-hybridized carbons (Fsp3) is 0. The predicted molar refractivity (Wildman–Crippen MR) is 345 cm³/mol. The minimum absolute atomic E-state index is 0.0780. The van der Waals surface area contributed by atoms with Crippen molar-refractivity contribution in [2.75, 3.05) is 0 Å². The van der Waals surface area contributed by atoms with E-state index in [1.807, 2.05) is 36.4 Å². The average Bonchev–Trinajstić information content (AvgIpc) is 4.09. The molecule has 0 fully saturated rings. The largest absolute Gasteiger partial charge is 0.309 e. The molecule has 0 unspecified atom stereocenters. The van der Waals surface area contributed by atoms with Crippen LogP contribution in [0.4, 0.5) is 0 Å². The van der Waals surface area contributed by atoms with Gasteiger partial charge in [0, 0.05) is 57.9 Å². The monoisotopic (exact) mass is 998 g/mol. The summed E-state index contributed by atoms with van der Waals surface area (Å²) in [7, 11) is 67.4. The molecule has 0 aliphatic carbocycles. The highest BCUT2D eigenvalue weighted by Crippen LogP contribution is 2.74. The van der Waals surface area contributed by atoms with Gasteiger partial charge in [-0.05, 0) is 119 Å². The molecule has 0 amide bonds. The number of benzene rings is 11. The van der Waals surface area contributed by atoms with Crippen molar-refractivity contribution < 1.29 is 0 Å². The SMILES string of the molecule is [B]c1c([B])c([B])c(-c2cc(S(c3ccccc3)(c3ccccc3)c3ccccc3)cc(-c3c([B])c([B])c([B])c([B])c3[B])c2-n2c3ccccc3c3cc(-c4ccc5c(c4)c4ccccc4n5-c4ccccc4)ccc32)c([B])c1[B]. The Kier molecular flexibility index (Phi) is 12.6. The molecule has 346 valence electrons. The molecule has 13 aromatic rings. The van der Waals surface area contributed by atoms with E-state index in [0.29, 0.717) is 27.9 Å². The molecule has 0 N–H and O–H groups in total. The standard InChI is InChI=1S/C66H36B10N2S/c67-56-54(57(68)61(72)64(75)60(56)71)48-35-43(79(40-19-7-2-8-20-40,41-21-9-3-10-22-41)42-23-11-4-12-24-42)36-49(55-58(69)62(73)65(76)63(74)59(55)70)66(48)78-51-28-16-14-26-45(51)47-34-38(30-32-53(47)78)37-29-31-52-46(33-37)44-25-13-15-27-50(44)77(52)39-17-5-1-6-18-39/h1-36H. The quantitative estimate of drug-likeness (QED) is 0.154. The average molecular weight is 997 g/mol. The van der Waals surface area contributed by atoms with Crippen LogP contribution in [0.25, 0.3) is 88.4 Å². The second kappa shape index (κ2) is 19.7. The lowest BCUT2D eigenvalue weighted by molar-refractivity contribution is 1.17. The summed E-state index contributed by atoms with van der Waals surface area (Å²) in [6, 6.07) is 76.2. The zero-order valence-electron chi connectivity index (χ0n) is 42.9. The van der Waals surface area contributed by atoms with Crippen molar-refractivity contribution in [3.63, 3.8) is 0 Å². The van der Waals surface area contributed by atoms with Gasteiger partial charge in [-0.3, -0.25) is 0 Å². The Labute approximate surface area is 475 Å². The lowest BCUT2D eigenvalue weighted by Gasteiger charge is -2.43. The van der Waals surface area contributed by atoms with E-state index in [1.54, 1.807) is 0 Å². The van der Waals surface area contributed by atoms with E-state index in [2.05, 4.69) is 191 Å². The number of hydrogen-bond acceptors (Lipinski definition) is 0. The number of fused-ring (bicyclic) bond motifs is 6. The highest BCUT2D eigenvalue weighted by atomic mass is 32.3. The zero-order chi connectivity index (χ0) is 54.4. The van der Waals surface area contributed by atoms with Gasteiger partial charge in [0.15, 0.2) is 0 Å². The summed E-state index contributed by atoms with van der Waals surface area (Å²) in [6.07, 6.45) is 0. The first-order chi connectivity index (χ1) is 38.4. The van der Waals surface area contributed by atoms with Crippen LogP contribution in [0.5, 0.6) is 0 Å². The van der Waals surface area contributed by atoms with Crippen molar-refractivity contribution in [2.24, 2.45) is 0 Å². The van der Waals surface area contributed by atoms with E-state index in [1.165, 1.54) is 0 Å². The molecule has 0 saturated carbocycles. The molecule has 2 aromatic heterocycles. The van der Waals surface area contributed by atoms with Gasteiger partial charge in [0.25, 0.3) is 0 Å². The second-order valence-electron chi connectivity index (χ2n) is 19.8. The molecule has 20 radical (unpaired) electrons. The van der Waals surface area contributed by atoms with Crippen LogP contribution in [0.1, 0.15) is 0 Å². The summed E-state index contributed by atoms with van der Waals surface area (Å²) in [4.78, 5) is 3.98. The van der Waals surface area contributed by atoms with Crippen LogP contribution in [-0.2, 0) is 0 Å². The van der Waals surface area contributed by atoms with Crippen molar-refractivity contribution in [1.82, 2.24) is 9.13 Å². The number of rotatable bonds is 9. The van der Waals surface area contributed by atoms with Crippen LogP contribution in [0.2, 0.25) is 0 Å². The van der Waals surface area contributed by atoms with Crippen LogP contribution in [0.3, 0.4) is 0 Å². The smallest absolute Gasteiger partial charge is 0.113 e. The third-order valence-electron chi connectivity index (χ3n) is 15.6. The number of hydrogen-bond donors (Lipinski definition) is 0. The topological polar surface area (TPSA) is 9.86 Å². The zero-order valence-corrected chi connectivity index (χ0v) is 43.7. The fourth-order valence-corrected chi connectivity index (χ4v) is 15.7. The molecule has 0 spiro atoms. The highest BCUT2D eigenvalue weighted by Gasteiger charge is 2.36. The van der Waals surface area contributed by atoms with Gasteiger partial charge in [-0.1, -0.05) is 143 Å². The Morgan fingerprint density at radius 2 is 0.570 bits per heavy atom. The molecule has 0 atom stereocenters. The van der Waals surface area contributed by atoms with Crippen LogP contribution < -0.4 is 54.6 Å². The summed E-state index contributed by atoms with van der Waals surface area (Å²) < 4.78 is 4.52. The molecule has 13 heteroatoms. The summed E-state index contributed by atoms with van der Waals surface area (Å²) in [5.74, 6) is 0. The van der Waals surface area contributed by atoms with Crippen LogP contribution >= 0.6 is 10.0 Å². The summed E-state index contributed by atoms with van der Waals surface area (Å²) in [5, 5.41) is 4.23. The first-order valence-electron chi connectivity index (χ1n) is 25.7. The van der Waals surface area contributed by atoms with Crippen molar-refractivity contribution >= 4 is 187 Å². The number of aromatic nitrogens is 2. The first-order valence-corrected chi connectivity index (χ1v) is 27.4. The molecule has 0 aliphatic heterocycles. The molecule has 0 saturated heterocycles. The van der Waals surface area contributed by atoms with Gasteiger partial charge in [-0.25, -0.2) is 0 Å². The van der Waals surface area contributed by atoms with Gasteiger partial charge in [-0.15, -0.1) is 42.8 Å².